The molecule has 0 bridgehead atoms. The molecule has 7 heteroatoms. The van der Waals surface area contributed by atoms with Crippen LogP contribution >= 0.6 is 0 Å². The van der Waals surface area contributed by atoms with E-state index in [1.54, 1.807) is 18.1 Å². The second-order valence-electron chi connectivity index (χ2n) is 6.56. The molecule has 0 unspecified atom stereocenters. The number of hydrogen-bond donors (Lipinski definition) is 1. The van der Waals surface area contributed by atoms with Crippen LogP contribution in [0.3, 0.4) is 0 Å². The number of furan rings is 1. The van der Waals surface area contributed by atoms with Crippen molar-refractivity contribution in [3.05, 3.63) is 23.5 Å². The minimum absolute atomic E-state index is 0.0352. The Morgan fingerprint density at radius 3 is 2.76 bits per heavy atom. The van der Waals surface area contributed by atoms with Crippen LogP contribution in [0.2, 0.25) is 0 Å². The quantitative estimate of drug-likeness (QED) is 0.914. The molecule has 3 heterocycles. The molecule has 0 saturated carbocycles. The molecule has 0 aliphatic carbocycles. The van der Waals surface area contributed by atoms with E-state index in [2.05, 4.69) is 5.32 Å². The Morgan fingerprint density at radius 2 is 2.08 bits per heavy atom. The number of hydrogen-bond acceptors (Lipinski definition) is 5. The first kappa shape index (κ1) is 15.8. The van der Waals surface area contributed by atoms with Gasteiger partial charge in [0.2, 0.25) is 11.7 Å². The number of ether oxygens (including phenoxy) is 2. The smallest absolute Gasteiger partial charge is 0.289 e. The molecular weight excluding hydrogens is 324 g/mol. The van der Waals surface area contributed by atoms with E-state index in [9.17, 15) is 9.59 Å². The Morgan fingerprint density at radius 1 is 1.28 bits per heavy atom. The minimum Gasteiger partial charge on any atom is -0.493 e. The SMILES string of the molecule is COc1ccc2c(C)c(C(=O)N3C[C@@H]4CNC(=O)[C@@H]4C3)oc2c1OC. The fourth-order valence-corrected chi connectivity index (χ4v) is 3.85. The summed E-state index contributed by atoms with van der Waals surface area (Å²) in [5.41, 5.74) is 1.27. The summed E-state index contributed by atoms with van der Waals surface area (Å²) < 4.78 is 16.6. The number of nitrogens with one attached hydrogen (secondary N) is 1. The fourth-order valence-electron chi connectivity index (χ4n) is 3.85. The first-order valence-corrected chi connectivity index (χ1v) is 8.26. The van der Waals surface area contributed by atoms with E-state index in [1.807, 2.05) is 13.0 Å². The summed E-state index contributed by atoms with van der Waals surface area (Å²) in [6, 6.07) is 3.65. The van der Waals surface area contributed by atoms with Gasteiger partial charge in [0, 0.05) is 36.5 Å². The molecule has 2 aliphatic heterocycles. The maximum Gasteiger partial charge on any atom is 0.289 e. The van der Waals surface area contributed by atoms with Gasteiger partial charge in [-0.2, -0.15) is 0 Å². The molecule has 4 rings (SSSR count). The van der Waals surface area contributed by atoms with E-state index in [0.29, 0.717) is 42.5 Å². The summed E-state index contributed by atoms with van der Waals surface area (Å²) in [4.78, 5) is 26.5. The number of fused-ring (bicyclic) bond motifs is 2. The highest BCUT2D eigenvalue weighted by Gasteiger charge is 2.44. The lowest BCUT2D eigenvalue weighted by Gasteiger charge is -2.16. The van der Waals surface area contributed by atoms with E-state index in [4.69, 9.17) is 13.9 Å². The summed E-state index contributed by atoms with van der Waals surface area (Å²) in [5, 5.41) is 3.67. The number of benzene rings is 1. The summed E-state index contributed by atoms with van der Waals surface area (Å²) in [6.07, 6.45) is 0. The van der Waals surface area contributed by atoms with Crippen molar-refractivity contribution in [1.29, 1.82) is 0 Å². The predicted molar refractivity (Wildman–Crippen MR) is 89.9 cm³/mol. The predicted octanol–water partition coefficient (Wildman–Crippen LogP) is 1.58. The van der Waals surface area contributed by atoms with Crippen molar-refractivity contribution in [3.63, 3.8) is 0 Å². The third-order valence-corrected chi connectivity index (χ3v) is 5.25. The zero-order valence-corrected chi connectivity index (χ0v) is 14.4. The summed E-state index contributed by atoms with van der Waals surface area (Å²) >= 11 is 0. The number of carbonyl (C=O) groups excluding carboxylic acids is 2. The van der Waals surface area contributed by atoms with Crippen LogP contribution in [0.25, 0.3) is 11.0 Å². The lowest BCUT2D eigenvalue weighted by Crippen LogP contribution is -2.33. The Balaban J connectivity index is 1.71. The first-order chi connectivity index (χ1) is 12.0. The number of methoxy groups -OCH3 is 2. The molecule has 2 fully saturated rings. The molecule has 2 saturated heterocycles. The molecule has 1 aromatic heterocycles. The zero-order chi connectivity index (χ0) is 17.7. The van der Waals surface area contributed by atoms with Crippen LogP contribution in [-0.4, -0.2) is 50.6 Å². The highest BCUT2D eigenvalue weighted by molar-refractivity contribution is 6.01. The Kier molecular flexibility index (Phi) is 3.59. The van der Waals surface area contributed by atoms with Gasteiger partial charge in [0.15, 0.2) is 17.1 Å². The lowest BCUT2D eigenvalue weighted by atomic mass is 10.0. The molecule has 0 radical (unpaired) electrons. The molecule has 7 nitrogen and oxygen atoms in total. The van der Waals surface area contributed by atoms with Crippen LogP contribution < -0.4 is 14.8 Å². The highest BCUT2D eigenvalue weighted by Crippen LogP contribution is 2.40. The van der Waals surface area contributed by atoms with Crippen molar-refractivity contribution in [2.75, 3.05) is 33.9 Å². The van der Waals surface area contributed by atoms with Gasteiger partial charge in [-0.05, 0) is 19.1 Å². The second-order valence-corrected chi connectivity index (χ2v) is 6.56. The normalized spacial score (nSPS) is 22.2. The number of likely N-dealkylation sites (tertiary alicyclic amines) is 1. The second kappa shape index (κ2) is 5.68. The average molecular weight is 344 g/mol. The fraction of sp³-hybridized carbons (Fsp3) is 0.444. The molecule has 2 amide bonds. The third-order valence-electron chi connectivity index (χ3n) is 5.25. The van der Waals surface area contributed by atoms with Crippen LogP contribution in [-0.2, 0) is 4.79 Å². The van der Waals surface area contributed by atoms with Crippen molar-refractivity contribution in [2.45, 2.75) is 6.92 Å². The minimum atomic E-state index is -0.183. The molecule has 1 N–H and O–H groups in total. The molecule has 1 aromatic carbocycles. The maximum atomic E-state index is 13.0. The summed E-state index contributed by atoms with van der Waals surface area (Å²) in [7, 11) is 3.09. The molecule has 25 heavy (non-hydrogen) atoms. The Bertz CT molecular complexity index is 872. The van der Waals surface area contributed by atoms with Crippen molar-refractivity contribution in [1.82, 2.24) is 10.2 Å². The molecular formula is C18H20N2O5. The number of nitrogens with zero attached hydrogens (tertiary/aromatic N) is 1. The number of amides is 2. The van der Waals surface area contributed by atoms with Crippen LogP contribution in [0.4, 0.5) is 0 Å². The van der Waals surface area contributed by atoms with Gasteiger partial charge < -0.3 is 24.1 Å². The Hall–Kier alpha value is -2.70. The van der Waals surface area contributed by atoms with Crippen molar-refractivity contribution in [2.24, 2.45) is 11.8 Å². The molecule has 2 aromatic rings. The van der Waals surface area contributed by atoms with Gasteiger partial charge in [0.25, 0.3) is 5.91 Å². The molecule has 2 atom stereocenters. The standard InChI is InChI=1S/C18H20N2O5/c1-9-11-4-5-13(23-2)16(24-3)15(11)25-14(9)18(22)20-7-10-6-19-17(21)12(10)8-20/h4-5,10,12H,6-8H2,1-3H3,(H,19,21)/t10-,12+/m0/s1. The van der Waals surface area contributed by atoms with Crippen LogP contribution in [0.15, 0.2) is 16.5 Å². The number of aryl methyl sites for hydroxylation is 1. The average Bonchev–Trinajstić information content (AvgIpc) is 3.28. The van der Waals surface area contributed by atoms with Gasteiger partial charge in [-0.25, -0.2) is 0 Å². The van der Waals surface area contributed by atoms with Gasteiger partial charge in [0.1, 0.15) is 0 Å². The van der Waals surface area contributed by atoms with Gasteiger partial charge in [0.05, 0.1) is 20.1 Å². The Labute approximate surface area is 144 Å². The lowest BCUT2D eigenvalue weighted by molar-refractivity contribution is -0.122. The van der Waals surface area contributed by atoms with E-state index in [0.717, 1.165) is 10.9 Å². The highest BCUT2D eigenvalue weighted by atomic mass is 16.5. The van der Waals surface area contributed by atoms with E-state index < -0.39 is 0 Å². The van der Waals surface area contributed by atoms with Gasteiger partial charge in [-0.3, -0.25) is 9.59 Å². The largest absolute Gasteiger partial charge is 0.493 e. The van der Waals surface area contributed by atoms with E-state index >= 15 is 0 Å². The molecule has 132 valence electrons. The molecule has 0 spiro atoms. The molecule has 2 aliphatic rings. The van der Waals surface area contributed by atoms with Crippen LogP contribution in [0.5, 0.6) is 11.5 Å². The summed E-state index contributed by atoms with van der Waals surface area (Å²) in [6.45, 7) is 3.50. The maximum absolute atomic E-state index is 13.0. The van der Waals surface area contributed by atoms with Crippen molar-refractivity contribution < 1.29 is 23.5 Å². The van der Waals surface area contributed by atoms with Crippen LogP contribution in [0, 0.1) is 18.8 Å². The zero-order valence-electron chi connectivity index (χ0n) is 14.4. The van der Waals surface area contributed by atoms with Gasteiger partial charge in [-0.1, -0.05) is 0 Å². The van der Waals surface area contributed by atoms with E-state index in [1.165, 1.54) is 7.11 Å². The number of rotatable bonds is 3. The van der Waals surface area contributed by atoms with Crippen molar-refractivity contribution in [3.8, 4) is 11.5 Å². The first-order valence-electron chi connectivity index (χ1n) is 8.26. The van der Waals surface area contributed by atoms with Gasteiger partial charge in [-0.15, -0.1) is 0 Å². The van der Waals surface area contributed by atoms with Gasteiger partial charge >= 0.3 is 0 Å². The van der Waals surface area contributed by atoms with Crippen LogP contribution in [0.1, 0.15) is 16.1 Å². The topological polar surface area (TPSA) is 81.0 Å². The summed E-state index contributed by atoms with van der Waals surface area (Å²) in [5.74, 6) is 1.25. The monoisotopic (exact) mass is 344 g/mol. The third kappa shape index (κ3) is 2.26. The van der Waals surface area contributed by atoms with E-state index in [-0.39, 0.29) is 23.7 Å². The van der Waals surface area contributed by atoms with Crippen molar-refractivity contribution >= 4 is 22.8 Å². The number of carbonyl (C=O) groups is 2.